The van der Waals surface area contributed by atoms with Gasteiger partial charge in [-0.15, -0.1) is 0 Å². The third kappa shape index (κ3) is 3.22. The van der Waals surface area contributed by atoms with Crippen molar-refractivity contribution >= 4 is 11.8 Å². The van der Waals surface area contributed by atoms with Crippen LogP contribution in [0.4, 0.5) is 0 Å². The highest BCUT2D eigenvalue weighted by Crippen LogP contribution is 2.23. The largest absolute Gasteiger partial charge is 0.376 e. The smallest absolute Gasteiger partial charge is 0.235 e. The molecule has 1 unspecified atom stereocenters. The van der Waals surface area contributed by atoms with Crippen LogP contribution in [0.5, 0.6) is 0 Å². The number of amides is 2. The van der Waals surface area contributed by atoms with Gasteiger partial charge in [-0.1, -0.05) is 0 Å². The van der Waals surface area contributed by atoms with E-state index < -0.39 is 5.41 Å². The molecule has 2 N–H and O–H groups in total. The summed E-state index contributed by atoms with van der Waals surface area (Å²) in [6.45, 7) is 4.59. The van der Waals surface area contributed by atoms with Gasteiger partial charge in [-0.3, -0.25) is 9.59 Å². The molecule has 5 heteroatoms. The van der Waals surface area contributed by atoms with Crippen LogP contribution >= 0.6 is 0 Å². The minimum Gasteiger partial charge on any atom is -0.376 e. The molecule has 2 aliphatic rings. The van der Waals surface area contributed by atoms with Crippen LogP contribution < -0.4 is 10.6 Å². The molecule has 0 radical (unpaired) electrons. The summed E-state index contributed by atoms with van der Waals surface area (Å²) < 4.78 is 5.44. The van der Waals surface area contributed by atoms with Gasteiger partial charge in [0.2, 0.25) is 11.8 Å². The van der Waals surface area contributed by atoms with E-state index in [4.69, 9.17) is 4.74 Å². The third-order valence-corrected chi connectivity index (χ3v) is 3.56. The van der Waals surface area contributed by atoms with Gasteiger partial charge < -0.3 is 15.4 Å². The highest BCUT2D eigenvalue weighted by Gasteiger charge is 2.38. The monoisotopic (exact) mass is 254 g/mol. The predicted octanol–water partition coefficient (Wildman–Crippen LogP) is 0.586. The minimum atomic E-state index is -1.01. The second-order valence-electron chi connectivity index (χ2n) is 5.72. The Balaban J connectivity index is 1.79. The summed E-state index contributed by atoms with van der Waals surface area (Å²) in [7, 11) is 0. The van der Waals surface area contributed by atoms with Crippen LogP contribution in [0, 0.1) is 5.41 Å². The van der Waals surface area contributed by atoms with Crippen molar-refractivity contribution in [1.82, 2.24) is 10.6 Å². The fourth-order valence-electron chi connectivity index (χ4n) is 1.93. The number of carbonyl (C=O) groups excluding carboxylic acids is 2. The van der Waals surface area contributed by atoms with Crippen molar-refractivity contribution in [1.29, 1.82) is 0 Å². The Bertz CT molecular complexity index is 331. The molecular formula is C13H22N2O3. The Kier molecular flexibility index (Phi) is 3.90. The van der Waals surface area contributed by atoms with Gasteiger partial charge >= 0.3 is 0 Å². The second kappa shape index (κ2) is 5.26. The zero-order valence-corrected chi connectivity index (χ0v) is 11.1. The maximum absolute atomic E-state index is 12.0. The summed E-state index contributed by atoms with van der Waals surface area (Å²) in [5.41, 5.74) is -1.01. The van der Waals surface area contributed by atoms with Crippen molar-refractivity contribution in [2.75, 3.05) is 13.2 Å². The quantitative estimate of drug-likeness (QED) is 0.705. The number of carbonyl (C=O) groups is 2. The first kappa shape index (κ1) is 13.3. The van der Waals surface area contributed by atoms with Crippen molar-refractivity contribution in [3.63, 3.8) is 0 Å². The van der Waals surface area contributed by atoms with Gasteiger partial charge in [-0.05, 0) is 39.5 Å². The van der Waals surface area contributed by atoms with Crippen LogP contribution in [-0.2, 0) is 14.3 Å². The second-order valence-corrected chi connectivity index (χ2v) is 5.72. The molecule has 5 nitrogen and oxygen atoms in total. The fraction of sp³-hybridized carbons (Fsp3) is 0.846. The Morgan fingerprint density at radius 1 is 1.22 bits per heavy atom. The first-order chi connectivity index (χ1) is 8.50. The Hall–Kier alpha value is -1.10. The van der Waals surface area contributed by atoms with E-state index in [0.717, 1.165) is 32.3 Å². The molecule has 0 aromatic heterocycles. The van der Waals surface area contributed by atoms with E-state index in [9.17, 15) is 9.59 Å². The Morgan fingerprint density at radius 3 is 2.50 bits per heavy atom. The topological polar surface area (TPSA) is 67.4 Å². The van der Waals surface area contributed by atoms with E-state index in [1.165, 1.54) is 0 Å². The standard InChI is InChI=1S/C13H22N2O3/c1-13(2,12(17)15-9-5-6-9)11(16)14-8-10-4-3-7-18-10/h9-10H,3-8H2,1-2H3,(H,14,16)(H,15,17). The van der Waals surface area contributed by atoms with Crippen molar-refractivity contribution in [2.45, 2.75) is 51.7 Å². The zero-order chi connectivity index (χ0) is 13.2. The highest BCUT2D eigenvalue weighted by molar-refractivity contribution is 6.04. The summed E-state index contributed by atoms with van der Waals surface area (Å²) in [4.78, 5) is 24.0. The van der Waals surface area contributed by atoms with Crippen molar-refractivity contribution in [3.8, 4) is 0 Å². The lowest BCUT2D eigenvalue weighted by atomic mass is 9.91. The van der Waals surface area contributed by atoms with Crippen molar-refractivity contribution in [2.24, 2.45) is 5.41 Å². The molecule has 1 aliphatic heterocycles. The number of nitrogens with one attached hydrogen (secondary N) is 2. The molecule has 0 bridgehead atoms. The normalized spacial score (nSPS) is 23.8. The third-order valence-electron chi connectivity index (χ3n) is 3.56. The van der Waals surface area contributed by atoms with Gasteiger partial charge in [0.15, 0.2) is 0 Å². The summed E-state index contributed by atoms with van der Waals surface area (Å²) in [5.74, 6) is -0.411. The van der Waals surface area contributed by atoms with E-state index >= 15 is 0 Å². The predicted molar refractivity (Wildman–Crippen MR) is 66.9 cm³/mol. The van der Waals surface area contributed by atoms with Gasteiger partial charge in [0.25, 0.3) is 0 Å². The lowest BCUT2D eigenvalue weighted by Gasteiger charge is -2.23. The summed E-state index contributed by atoms with van der Waals surface area (Å²) >= 11 is 0. The average Bonchev–Trinajstić information content (AvgIpc) is 2.99. The molecule has 1 saturated heterocycles. The van der Waals surface area contributed by atoms with Crippen molar-refractivity contribution < 1.29 is 14.3 Å². The van der Waals surface area contributed by atoms with E-state index in [1.54, 1.807) is 13.8 Å². The van der Waals surface area contributed by atoms with Crippen LogP contribution in [0.3, 0.4) is 0 Å². The van der Waals surface area contributed by atoms with E-state index in [-0.39, 0.29) is 24.0 Å². The molecular weight excluding hydrogens is 232 g/mol. The molecule has 102 valence electrons. The number of ether oxygens (including phenoxy) is 1. The molecule has 1 heterocycles. The van der Waals surface area contributed by atoms with Gasteiger partial charge in [-0.2, -0.15) is 0 Å². The number of hydrogen-bond acceptors (Lipinski definition) is 3. The van der Waals surface area contributed by atoms with Crippen LogP contribution in [0.25, 0.3) is 0 Å². The van der Waals surface area contributed by atoms with Crippen LogP contribution in [0.1, 0.15) is 39.5 Å². The van der Waals surface area contributed by atoms with Crippen LogP contribution in [-0.4, -0.2) is 37.1 Å². The zero-order valence-electron chi connectivity index (χ0n) is 11.1. The molecule has 18 heavy (non-hydrogen) atoms. The molecule has 1 atom stereocenters. The van der Waals surface area contributed by atoms with Crippen LogP contribution in [0.2, 0.25) is 0 Å². The summed E-state index contributed by atoms with van der Waals surface area (Å²) in [6, 6.07) is 0.280. The summed E-state index contributed by atoms with van der Waals surface area (Å²) in [5, 5.41) is 5.69. The fourth-order valence-corrected chi connectivity index (χ4v) is 1.93. The van der Waals surface area contributed by atoms with E-state index in [2.05, 4.69) is 10.6 Å². The maximum atomic E-state index is 12.0. The van der Waals surface area contributed by atoms with E-state index in [0.29, 0.717) is 6.54 Å². The maximum Gasteiger partial charge on any atom is 0.235 e. The molecule has 1 aliphatic carbocycles. The number of rotatable bonds is 5. The first-order valence-corrected chi connectivity index (χ1v) is 6.71. The first-order valence-electron chi connectivity index (χ1n) is 6.71. The molecule has 0 spiro atoms. The summed E-state index contributed by atoms with van der Waals surface area (Å²) in [6.07, 6.45) is 4.19. The highest BCUT2D eigenvalue weighted by atomic mass is 16.5. The SMILES string of the molecule is CC(C)(C(=O)NCC1CCCO1)C(=O)NC1CC1. The molecule has 0 aromatic rings. The molecule has 0 aromatic carbocycles. The molecule has 2 fully saturated rings. The average molecular weight is 254 g/mol. The lowest BCUT2D eigenvalue weighted by Crippen LogP contribution is -2.49. The minimum absolute atomic E-state index is 0.108. The van der Waals surface area contributed by atoms with Gasteiger partial charge in [0, 0.05) is 19.2 Å². The molecule has 1 saturated carbocycles. The van der Waals surface area contributed by atoms with E-state index in [1.807, 2.05) is 0 Å². The van der Waals surface area contributed by atoms with Gasteiger partial charge in [0.05, 0.1) is 6.10 Å². The molecule has 2 amide bonds. The van der Waals surface area contributed by atoms with Crippen LogP contribution in [0.15, 0.2) is 0 Å². The Labute approximate surface area is 108 Å². The van der Waals surface area contributed by atoms with Crippen molar-refractivity contribution in [3.05, 3.63) is 0 Å². The lowest BCUT2D eigenvalue weighted by molar-refractivity contribution is -0.141. The Morgan fingerprint density at radius 2 is 1.94 bits per heavy atom. The number of hydrogen-bond donors (Lipinski definition) is 2. The van der Waals surface area contributed by atoms with Gasteiger partial charge in [-0.25, -0.2) is 0 Å². The molecule has 2 rings (SSSR count). The van der Waals surface area contributed by atoms with Gasteiger partial charge in [0.1, 0.15) is 5.41 Å².